The highest BCUT2D eigenvalue weighted by Gasteiger charge is 2.39. The molecule has 0 aromatic carbocycles. The average molecular weight is 586 g/mol. The Morgan fingerprint density at radius 1 is 1.07 bits per heavy atom. The maximum Gasteiger partial charge on any atom is 0.435 e. The van der Waals surface area contributed by atoms with E-state index in [1.165, 1.54) is 10.9 Å². The first-order chi connectivity index (χ1) is 18.7. The van der Waals surface area contributed by atoms with Gasteiger partial charge in [0.1, 0.15) is 21.9 Å². The lowest BCUT2D eigenvalue weighted by Gasteiger charge is -2.12. The van der Waals surface area contributed by atoms with E-state index < -0.39 is 42.1 Å². The standard InChI is InChI=1S/C24H21F6N7O2S/c1-3-36-8-13(10(2)34-36)12-6-15(23(25,26)27)32-22-18(12)19(20(40-22)21(31)39)33-17(38)9-37-14(11-4-5-11)7-16(35-37)24(28,29)30/h6-8,11H,3-5,9H2,1-2H3,(H2,31,39)(H,33,38). The Kier molecular flexibility index (Phi) is 6.63. The number of carbonyl (C=O) groups is 2. The predicted octanol–water partition coefficient (Wildman–Crippen LogP) is 5.34. The van der Waals surface area contributed by atoms with Crippen molar-refractivity contribution in [2.24, 2.45) is 5.73 Å². The number of halogens is 6. The Balaban J connectivity index is 1.62. The van der Waals surface area contributed by atoms with E-state index in [4.69, 9.17) is 5.73 Å². The van der Waals surface area contributed by atoms with E-state index in [9.17, 15) is 35.9 Å². The minimum Gasteiger partial charge on any atom is -0.365 e. The summed E-state index contributed by atoms with van der Waals surface area (Å²) in [5.74, 6) is -2.06. The third kappa shape index (κ3) is 5.14. The van der Waals surface area contributed by atoms with Crippen LogP contribution >= 0.6 is 11.3 Å². The van der Waals surface area contributed by atoms with Gasteiger partial charge in [-0.15, -0.1) is 11.3 Å². The van der Waals surface area contributed by atoms with Crippen LogP contribution in [0.4, 0.5) is 32.0 Å². The molecule has 0 aliphatic heterocycles. The molecule has 212 valence electrons. The summed E-state index contributed by atoms with van der Waals surface area (Å²) in [5, 5.41) is 10.3. The van der Waals surface area contributed by atoms with Gasteiger partial charge in [-0.25, -0.2) is 4.98 Å². The highest BCUT2D eigenvalue weighted by Crippen LogP contribution is 2.45. The van der Waals surface area contributed by atoms with Crippen LogP contribution in [0.2, 0.25) is 0 Å². The van der Waals surface area contributed by atoms with Crippen LogP contribution in [0.5, 0.6) is 0 Å². The molecule has 9 nitrogen and oxygen atoms in total. The van der Waals surface area contributed by atoms with Crippen molar-refractivity contribution in [1.29, 1.82) is 0 Å². The zero-order valence-electron chi connectivity index (χ0n) is 20.9. The summed E-state index contributed by atoms with van der Waals surface area (Å²) in [5.41, 5.74) is 3.90. The lowest BCUT2D eigenvalue weighted by atomic mass is 10.0. The minimum atomic E-state index is -4.83. The molecule has 4 heterocycles. The summed E-state index contributed by atoms with van der Waals surface area (Å²) in [4.78, 5) is 28.6. The molecule has 0 bridgehead atoms. The molecule has 4 aromatic heterocycles. The quantitative estimate of drug-likeness (QED) is 0.284. The molecule has 0 spiro atoms. The largest absolute Gasteiger partial charge is 0.435 e. The number of hydrogen-bond donors (Lipinski definition) is 2. The van der Waals surface area contributed by atoms with E-state index >= 15 is 0 Å². The third-order valence-corrected chi connectivity index (χ3v) is 7.49. The van der Waals surface area contributed by atoms with Crippen molar-refractivity contribution in [1.82, 2.24) is 24.5 Å². The Bertz CT molecular complexity index is 1650. The number of pyridine rings is 1. The smallest absolute Gasteiger partial charge is 0.365 e. The Morgan fingerprint density at radius 3 is 2.30 bits per heavy atom. The van der Waals surface area contributed by atoms with Crippen molar-refractivity contribution in [3.63, 3.8) is 0 Å². The molecule has 1 fully saturated rings. The van der Waals surface area contributed by atoms with Gasteiger partial charge in [-0.1, -0.05) is 0 Å². The van der Waals surface area contributed by atoms with Gasteiger partial charge < -0.3 is 11.1 Å². The van der Waals surface area contributed by atoms with E-state index in [1.807, 2.05) is 0 Å². The van der Waals surface area contributed by atoms with Crippen LogP contribution in [0.1, 0.15) is 58.1 Å². The molecule has 4 aromatic rings. The van der Waals surface area contributed by atoms with Gasteiger partial charge in [-0.3, -0.25) is 19.0 Å². The molecule has 2 amide bonds. The normalized spacial score (nSPS) is 14.2. The summed E-state index contributed by atoms with van der Waals surface area (Å²) < 4.78 is 83.6. The first-order valence-electron chi connectivity index (χ1n) is 12.0. The number of aromatic nitrogens is 5. The Morgan fingerprint density at radius 2 is 1.75 bits per heavy atom. The van der Waals surface area contributed by atoms with Crippen LogP contribution in [-0.2, 0) is 30.2 Å². The van der Waals surface area contributed by atoms with E-state index in [0.717, 1.165) is 16.8 Å². The van der Waals surface area contributed by atoms with E-state index in [1.54, 1.807) is 13.8 Å². The second-order valence-corrected chi connectivity index (χ2v) is 10.3. The molecule has 0 unspecified atom stereocenters. The molecule has 40 heavy (non-hydrogen) atoms. The van der Waals surface area contributed by atoms with Gasteiger partial charge in [0.05, 0.1) is 11.4 Å². The number of thiophene rings is 1. The van der Waals surface area contributed by atoms with Crippen LogP contribution in [0.3, 0.4) is 0 Å². The van der Waals surface area contributed by atoms with Gasteiger partial charge in [0.25, 0.3) is 5.91 Å². The van der Waals surface area contributed by atoms with Crippen LogP contribution in [0.25, 0.3) is 21.3 Å². The molecule has 0 saturated heterocycles. The van der Waals surface area contributed by atoms with Gasteiger partial charge >= 0.3 is 12.4 Å². The second-order valence-electron chi connectivity index (χ2n) is 9.32. The number of carbonyl (C=O) groups excluding carboxylic acids is 2. The molecular formula is C24H21F6N7O2S. The predicted molar refractivity (Wildman–Crippen MR) is 133 cm³/mol. The number of nitrogens with zero attached hydrogens (tertiary/aromatic N) is 5. The number of hydrogen-bond acceptors (Lipinski definition) is 6. The number of alkyl halides is 6. The second kappa shape index (κ2) is 9.60. The topological polar surface area (TPSA) is 121 Å². The highest BCUT2D eigenvalue weighted by molar-refractivity contribution is 7.21. The van der Waals surface area contributed by atoms with Crippen molar-refractivity contribution in [3.8, 4) is 11.1 Å². The summed E-state index contributed by atoms with van der Waals surface area (Å²) in [6.45, 7) is 3.17. The summed E-state index contributed by atoms with van der Waals surface area (Å²) in [6, 6.07) is 1.70. The van der Waals surface area contributed by atoms with Gasteiger partial charge in [-0.05, 0) is 44.4 Å². The summed E-state index contributed by atoms with van der Waals surface area (Å²) in [7, 11) is 0. The number of amides is 2. The van der Waals surface area contributed by atoms with Gasteiger partial charge in [0, 0.05) is 35.3 Å². The van der Waals surface area contributed by atoms with Crippen LogP contribution in [0.15, 0.2) is 18.3 Å². The van der Waals surface area contributed by atoms with Gasteiger partial charge in [-0.2, -0.15) is 36.5 Å². The van der Waals surface area contributed by atoms with Crippen molar-refractivity contribution in [2.75, 3.05) is 5.32 Å². The number of aryl methyl sites for hydroxylation is 2. The molecule has 3 N–H and O–H groups in total. The van der Waals surface area contributed by atoms with Crippen LogP contribution in [-0.4, -0.2) is 36.4 Å². The van der Waals surface area contributed by atoms with Crippen molar-refractivity contribution in [2.45, 2.75) is 58.0 Å². The molecule has 1 aliphatic carbocycles. The van der Waals surface area contributed by atoms with Crippen molar-refractivity contribution >= 4 is 39.1 Å². The molecule has 0 atom stereocenters. The molecular weight excluding hydrogens is 564 g/mol. The summed E-state index contributed by atoms with van der Waals surface area (Å²) in [6.07, 6.45) is -6.72. The number of nitrogens with one attached hydrogen (secondary N) is 1. The number of rotatable bonds is 7. The molecule has 1 saturated carbocycles. The molecule has 0 radical (unpaired) electrons. The fourth-order valence-electron chi connectivity index (χ4n) is 4.41. The zero-order valence-corrected chi connectivity index (χ0v) is 21.8. The lowest BCUT2D eigenvalue weighted by Crippen LogP contribution is -2.23. The third-order valence-electron chi connectivity index (χ3n) is 6.39. The van der Waals surface area contributed by atoms with E-state index in [2.05, 4.69) is 20.5 Å². The maximum atomic E-state index is 13.8. The minimum absolute atomic E-state index is 0.00527. The first-order valence-corrected chi connectivity index (χ1v) is 12.8. The van der Waals surface area contributed by atoms with E-state index in [0.29, 0.717) is 42.0 Å². The SMILES string of the molecule is CCn1cc(-c2cc(C(F)(F)F)nc3sc(C(N)=O)c(NC(=O)Cn4nc(C(F)(F)F)cc4C4CC4)c23)c(C)n1. The van der Waals surface area contributed by atoms with E-state index in [-0.39, 0.29) is 38.0 Å². The number of anilines is 1. The van der Waals surface area contributed by atoms with Crippen LogP contribution in [0, 0.1) is 6.92 Å². The van der Waals surface area contributed by atoms with Crippen molar-refractivity contribution < 1.29 is 35.9 Å². The fourth-order valence-corrected chi connectivity index (χ4v) is 5.42. The lowest BCUT2D eigenvalue weighted by molar-refractivity contribution is -0.142. The maximum absolute atomic E-state index is 13.8. The van der Waals surface area contributed by atoms with Crippen LogP contribution < -0.4 is 11.1 Å². The summed E-state index contributed by atoms with van der Waals surface area (Å²) >= 11 is 0.565. The first kappa shape index (κ1) is 27.6. The Hall–Kier alpha value is -3.95. The Labute approximate surface area is 226 Å². The average Bonchev–Trinajstić information content (AvgIpc) is 3.32. The molecule has 5 rings (SSSR count). The van der Waals surface area contributed by atoms with Gasteiger partial charge in [0.15, 0.2) is 5.69 Å². The fraction of sp³-hybridized carbons (Fsp3) is 0.375. The monoisotopic (exact) mass is 585 g/mol. The highest BCUT2D eigenvalue weighted by atomic mass is 32.1. The zero-order chi connectivity index (χ0) is 29.1. The van der Waals surface area contributed by atoms with Crippen molar-refractivity contribution in [3.05, 3.63) is 46.0 Å². The molecule has 1 aliphatic rings. The number of primary amides is 1. The number of fused-ring (bicyclic) bond motifs is 1. The van der Waals surface area contributed by atoms with Gasteiger partial charge in [0.2, 0.25) is 5.91 Å². The molecule has 16 heteroatoms. The number of nitrogens with two attached hydrogens (primary N) is 1.